The van der Waals surface area contributed by atoms with Crippen molar-refractivity contribution in [2.75, 3.05) is 6.61 Å². The third kappa shape index (κ3) is 19.6. The van der Waals surface area contributed by atoms with Crippen LogP contribution in [0, 0.1) is 0 Å². The molecule has 0 spiro atoms. The van der Waals surface area contributed by atoms with Crippen molar-refractivity contribution < 1.29 is 3.79 Å². The van der Waals surface area contributed by atoms with Gasteiger partial charge in [-0.25, -0.2) is 0 Å². The number of halogens is 2. The van der Waals surface area contributed by atoms with Gasteiger partial charge >= 0.3 is 16.6 Å². The van der Waals surface area contributed by atoms with E-state index in [0.717, 1.165) is 6.61 Å². The molecule has 6 heavy (non-hydrogen) atoms. The van der Waals surface area contributed by atoms with E-state index < -0.39 is 0 Å². The molecule has 1 nitrogen and oxygen atoms in total. The molecular formula is C2H7AlCl2O. The Hall–Kier alpha value is 1.07. The smallest absolute Gasteiger partial charge is 0.369 e. The van der Waals surface area contributed by atoms with Crippen LogP contribution < -0.4 is 0 Å². The largest absolute Gasteiger partial charge is 0.516 e. The Kier molecular flexibility index (Phi) is 43.4. The molecule has 0 aliphatic carbocycles. The van der Waals surface area contributed by atoms with E-state index in [0.29, 0.717) is 0 Å². The van der Waals surface area contributed by atoms with E-state index in [-0.39, 0.29) is 24.8 Å². The monoisotopic (exact) mass is 144 g/mol. The van der Waals surface area contributed by atoms with Crippen LogP contribution in [0.3, 0.4) is 0 Å². The standard InChI is InChI=1S/C2H5O.Al.2ClH/c1-2-3;;;/h2H2,1H3;;2*1H/q-1;+1;;. The van der Waals surface area contributed by atoms with Gasteiger partial charge in [0.2, 0.25) is 0 Å². The van der Waals surface area contributed by atoms with Gasteiger partial charge in [-0.05, 0) is 6.92 Å². The average molecular weight is 145 g/mol. The molecule has 0 saturated heterocycles. The Labute approximate surface area is 59.0 Å². The van der Waals surface area contributed by atoms with Crippen molar-refractivity contribution in [1.82, 2.24) is 0 Å². The van der Waals surface area contributed by atoms with Gasteiger partial charge in [0.15, 0.2) is 0 Å². The maximum Gasteiger partial charge on any atom is 0.369 e. The van der Waals surface area contributed by atoms with Crippen LogP contribution in [0.25, 0.3) is 0 Å². The van der Waals surface area contributed by atoms with Crippen molar-refractivity contribution in [2.45, 2.75) is 6.92 Å². The van der Waals surface area contributed by atoms with E-state index >= 15 is 0 Å². The van der Waals surface area contributed by atoms with Crippen molar-refractivity contribution in [2.24, 2.45) is 0 Å². The highest BCUT2D eigenvalue weighted by Gasteiger charge is 1.52. The molecular weight excluding hydrogens is 138 g/mol. The van der Waals surface area contributed by atoms with Crippen LogP contribution in [0.2, 0.25) is 0 Å². The molecule has 0 aliphatic heterocycles. The van der Waals surface area contributed by atoms with Crippen LogP contribution in [-0.4, -0.2) is 23.2 Å². The predicted octanol–water partition coefficient (Wildman–Crippen LogP) is 0.950. The van der Waals surface area contributed by atoms with Crippen LogP contribution in [0.5, 0.6) is 0 Å². The quantitative estimate of drug-likeness (QED) is 0.499. The van der Waals surface area contributed by atoms with Crippen molar-refractivity contribution in [3.63, 3.8) is 0 Å². The zero-order valence-electron chi connectivity index (χ0n) is 3.51. The van der Waals surface area contributed by atoms with E-state index in [2.05, 4.69) is 20.4 Å². The summed E-state index contributed by atoms with van der Waals surface area (Å²) in [5.74, 6) is 0. The fraction of sp³-hybridized carbons (Fsp3) is 1.00. The van der Waals surface area contributed by atoms with Crippen molar-refractivity contribution in [3.05, 3.63) is 0 Å². The summed E-state index contributed by atoms with van der Waals surface area (Å²) in [6.07, 6.45) is 0. The highest BCUT2D eigenvalue weighted by Crippen LogP contribution is 1.50. The van der Waals surface area contributed by atoms with Gasteiger partial charge in [-0.1, -0.05) is 0 Å². The van der Waals surface area contributed by atoms with Gasteiger partial charge < -0.3 is 3.79 Å². The average Bonchev–Trinajstić information content (AvgIpc) is 1.37. The van der Waals surface area contributed by atoms with E-state index in [1.54, 1.807) is 0 Å². The molecule has 0 N–H and O–H groups in total. The maximum atomic E-state index is 4.46. The van der Waals surface area contributed by atoms with E-state index in [9.17, 15) is 0 Å². The second-order valence-electron chi connectivity index (χ2n) is 0.455. The van der Waals surface area contributed by atoms with Gasteiger partial charge in [0.1, 0.15) is 0 Å². The minimum Gasteiger partial charge on any atom is -0.516 e. The van der Waals surface area contributed by atoms with Crippen LogP contribution in [-0.2, 0) is 3.79 Å². The molecule has 0 aromatic rings. The SMILES string of the molecule is CC[O][Al].Cl.Cl. The molecule has 2 radical (unpaired) electrons. The first-order chi connectivity index (χ1) is 1.91. The summed E-state index contributed by atoms with van der Waals surface area (Å²) in [5.41, 5.74) is 0. The van der Waals surface area contributed by atoms with Crippen LogP contribution in [0.15, 0.2) is 0 Å². The second kappa shape index (κ2) is 16.6. The summed E-state index contributed by atoms with van der Waals surface area (Å²) in [4.78, 5) is 0. The van der Waals surface area contributed by atoms with Gasteiger partial charge in [0, 0.05) is 6.61 Å². The fourth-order valence-electron chi connectivity index (χ4n) is 0. The molecule has 0 aromatic carbocycles. The molecule has 0 bridgehead atoms. The summed E-state index contributed by atoms with van der Waals surface area (Å²) < 4.78 is 4.46. The lowest BCUT2D eigenvalue weighted by Gasteiger charge is -1.79. The minimum atomic E-state index is 0. The zero-order chi connectivity index (χ0) is 3.41. The lowest BCUT2D eigenvalue weighted by atomic mass is 10.9. The Morgan fingerprint density at radius 2 is 1.67 bits per heavy atom. The summed E-state index contributed by atoms with van der Waals surface area (Å²) in [5, 5.41) is 0. The number of hydrogen-bond acceptors (Lipinski definition) is 1. The fourth-order valence-corrected chi connectivity index (χ4v) is 0. The Bertz CT molecular complexity index is 13.5. The van der Waals surface area contributed by atoms with Crippen molar-refractivity contribution in [3.8, 4) is 0 Å². The Morgan fingerprint density at radius 1 is 1.50 bits per heavy atom. The highest BCUT2D eigenvalue weighted by atomic mass is 35.5. The third-order valence-corrected chi connectivity index (χ3v) is 0.500. The molecule has 0 aliphatic rings. The molecule has 0 fully saturated rings. The van der Waals surface area contributed by atoms with Gasteiger partial charge in [-0.15, -0.1) is 24.8 Å². The molecule has 0 heterocycles. The van der Waals surface area contributed by atoms with Crippen LogP contribution >= 0.6 is 24.8 Å². The zero-order valence-corrected chi connectivity index (χ0v) is 6.30. The lowest BCUT2D eigenvalue weighted by Crippen LogP contribution is -1.76. The first-order valence-corrected chi connectivity index (χ1v) is 1.70. The normalized spacial score (nSPS) is 4.83. The number of rotatable bonds is 1. The molecule has 0 unspecified atom stereocenters. The third-order valence-electron chi connectivity index (χ3n) is 0.167. The second-order valence-corrected chi connectivity index (χ2v) is 0.789. The topological polar surface area (TPSA) is 9.23 Å². The minimum absolute atomic E-state index is 0. The van der Waals surface area contributed by atoms with Gasteiger partial charge in [-0.3, -0.25) is 0 Å². The summed E-state index contributed by atoms with van der Waals surface area (Å²) in [6.45, 7) is 2.72. The van der Waals surface area contributed by atoms with Crippen molar-refractivity contribution >= 4 is 41.4 Å². The van der Waals surface area contributed by atoms with Crippen LogP contribution in [0.1, 0.15) is 6.92 Å². The van der Waals surface area contributed by atoms with Crippen LogP contribution in [0.4, 0.5) is 0 Å². The summed E-state index contributed by atoms with van der Waals surface area (Å²) in [6, 6.07) is 0. The molecule has 0 rings (SSSR count). The molecule has 38 valence electrons. The predicted molar refractivity (Wildman–Crippen MR) is 31.9 cm³/mol. The Balaban J connectivity index is -0.0000000450. The van der Waals surface area contributed by atoms with Gasteiger partial charge in [-0.2, -0.15) is 0 Å². The van der Waals surface area contributed by atoms with E-state index in [1.807, 2.05) is 6.92 Å². The summed E-state index contributed by atoms with van der Waals surface area (Å²) in [7, 11) is 0. The first-order valence-electron chi connectivity index (χ1n) is 1.23. The molecule has 0 atom stereocenters. The lowest BCUT2D eigenvalue weighted by molar-refractivity contribution is 0.375. The molecule has 4 heteroatoms. The maximum absolute atomic E-state index is 4.46. The van der Waals surface area contributed by atoms with Gasteiger partial charge in [0.05, 0.1) is 0 Å². The molecule has 0 aromatic heterocycles. The molecule has 0 saturated carbocycles. The highest BCUT2D eigenvalue weighted by molar-refractivity contribution is 5.97. The van der Waals surface area contributed by atoms with Crippen molar-refractivity contribution in [1.29, 1.82) is 0 Å². The first kappa shape index (κ1) is 15.7. The summed E-state index contributed by atoms with van der Waals surface area (Å²) >= 11 is 2.16. The molecule has 0 amide bonds. The van der Waals surface area contributed by atoms with E-state index in [4.69, 9.17) is 0 Å². The van der Waals surface area contributed by atoms with E-state index in [1.165, 1.54) is 0 Å². The number of hydrogen-bond donors (Lipinski definition) is 0. The Morgan fingerprint density at radius 3 is 1.67 bits per heavy atom. The van der Waals surface area contributed by atoms with Gasteiger partial charge in [0.25, 0.3) is 0 Å².